The van der Waals surface area contributed by atoms with Crippen molar-refractivity contribution in [1.82, 2.24) is 4.98 Å². The Labute approximate surface area is 97.9 Å². The van der Waals surface area contributed by atoms with E-state index in [9.17, 15) is 9.18 Å². The summed E-state index contributed by atoms with van der Waals surface area (Å²) in [7, 11) is 0. The zero-order valence-corrected chi connectivity index (χ0v) is 9.81. The Balaban J connectivity index is 2.36. The molecule has 2 rings (SSSR count). The van der Waals surface area contributed by atoms with Crippen molar-refractivity contribution in [3.05, 3.63) is 50.6 Å². The summed E-state index contributed by atoms with van der Waals surface area (Å²) in [6.45, 7) is 0. The molecule has 0 unspecified atom stereocenters. The van der Waals surface area contributed by atoms with Crippen LogP contribution in [0.4, 0.5) is 4.39 Å². The van der Waals surface area contributed by atoms with Gasteiger partial charge in [0.15, 0.2) is 0 Å². The summed E-state index contributed by atoms with van der Waals surface area (Å²) in [6, 6.07) is 4.66. The van der Waals surface area contributed by atoms with Gasteiger partial charge in [-0.05, 0) is 34.1 Å². The summed E-state index contributed by atoms with van der Waals surface area (Å²) in [5, 5.41) is 0. The maximum absolute atomic E-state index is 12.8. The third kappa shape index (κ3) is 2.30. The molecule has 2 heterocycles. The van der Waals surface area contributed by atoms with Gasteiger partial charge in [0.05, 0.1) is 14.9 Å². The fourth-order valence-corrected chi connectivity index (χ4v) is 2.46. The summed E-state index contributed by atoms with van der Waals surface area (Å²) in [6.07, 6.45) is 2.43. The number of nitrogens with zero attached hydrogens (tertiary/aromatic N) is 1. The molecule has 0 aromatic carbocycles. The first-order chi connectivity index (χ1) is 7.16. The molecule has 76 valence electrons. The maximum atomic E-state index is 12.8. The Kier molecular flexibility index (Phi) is 2.93. The number of halogens is 2. The van der Waals surface area contributed by atoms with Gasteiger partial charge in [-0.3, -0.25) is 9.78 Å². The predicted molar refractivity (Wildman–Crippen MR) is 59.6 cm³/mol. The fraction of sp³-hybridized carbons (Fsp3) is 0. The van der Waals surface area contributed by atoms with E-state index in [1.54, 1.807) is 12.1 Å². The van der Waals surface area contributed by atoms with Crippen LogP contribution < -0.4 is 0 Å². The van der Waals surface area contributed by atoms with Gasteiger partial charge in [0.1, 0.15) is 5.82 Å². The zero-order chi connectivity index (χ0) is 10.8. The lowest BCUT2D eigenvalue weighted by molar-refractivity contribution is 0.104. The highest BCUT2D eigenvalue weighted by molar-refractivity contribution is 9.11. The second-order valence-corrected chi connectivity index (χ2v) is 5.29. The van der Waals surface area contributed by atoms with Gasteiger partial charge in [-0.2, -0.15) is 0 Å². The predicted octanol–water partition coefficient (Wildman–Crippen LogP) is 3.28. The average molecular weight is 286 g/mol. The van der Waals surface area contributed by atoms with E-state index in [4.69, 9.17) is 0 Å². The molecule has 0 amide bonds. The van der Waals surface area contributed by atoms with Crippen molar-refractivity contribution in [2.45, 2.75) is 0 Å². The van der Waals surface area contributed by atoms with Gasteiger partial charge in [0, 0.05) is 11.8 Å². The largest absolute Gasteiger partial charge is 0.288 e. The second-order valence-electron chi connectivity index (χ2n) is 2.82. The molecule has 0 atom stereocenters. The van der Waals surface area contributed by atoms with E-state index < -0.39 is 5.82 Å². The molecule has 15 heavy (non-hydrogen) atoms. The Bertz CT molecular complexity index is 512. The molecule has 0 fully saturated rings. The quantitative estimate of drug-likeness (QED) is 0.793. The van der Waals surface area contributed by atoms with Crippen LogP contribution in [0.25, 0.3) is 0 Å². The molecule has 0 spiro atoms. The van der Waals surface area contributed by atoms with Crippen LogP contribution in [-0.2, 0) is 0 Å². The first-order valence-electron chi connectivity index (χ1n) is 4.07. The van der Waals surface area contributed by atoms with Crippen molar-refractivity contribution >= 4 is 33.0 Å². The minimum Gasteiger partial charge on any atom is -0.288 e. The number of pyridine rings is 1. The molecule has 0 aliphatic carbocycles. The highest BCUT2D eigenvalue weighted by Gasteiger charge is 2.12. The number of hydrogen-bond acceptors (Lipinski definition) is 3. The van der Waals surface area contributed by atoms with Crippen molar-refractivity contribution in [2.24, 2.45) is 0 Å². The Morgan fingerprint density at radius 2 is 2.20 bits per heavy atom. The highest BCUT2D eigenvalue weighted by Crippen LogP contribution is 2.24. The van der Waals surface area contributed by atoms with Crippen LogP contribution in [0.15, 0.2) is 34.4 Å². The van der Waals surface area contributed by atoms with Crippen LogP contribution in [0.5, 0.6) is 0 Å². The minimum absolute atomic E-state index is 0.210. The third-order valence-electron chi connectivity index (χ3n) is 1.76. The molecule has 0 aliphatic rings. The SMILES string of the molecule is O=C(c1cncc(F)c1)c1ccc(Br)s1. The van der Waals surface area contributed by atoms with Gasteiger partial charge < -0.3 is 0 Å². The molecular weight excluding hydrogens is 281 g/mol. The summed E-state index contributed by atoms with van der Waals surface area (Å²) in [4.78, 5) is 16.0. The van der Waals surface area contributed by atoms with Gasteiger partial charge in [0.2, 0.25) is 5.78 Å². The molecule has 2 nitrogen and oxygen atoms in total. The van der Waals surface area contributed by atoms with Crippen LogP contribution in [0.1, 0.15) is 15.2 Å². The van der Waals surface area contributed by atoms with Crippen LogP contribution in [0.2, 0.25) is 0 Å². The van der Waals surface area contributed by atoms with Gasteiger partial charge in [0.25, 0.3) is 0 Å². The first kappa shape index (κ1) is 10.4. The molecule has 0 aliphatic heterocycles. The van der Waals surface area contributed by atoms with Gasteiger partial charge in [-0.25, -0.2) is 4.39 Å². The molecule has 0 saturated carbocycles. The number of thiophene rings is 1. The zero-order valence-electron chi connectivity index (χ0n) is 7.41. The summed E-state index contributed by atoms with van der Waals surface area (Å²) in [5.74, 6) is -0.714. The molecule has 0 N–H and O–H groups in total. The van der Waals surface area contributed by atoms with Crippen LogP contribution in [-0.4, -0.2) is 10.8 Å². The minimum atomic E-state index is -0.503. The molecule has 2 aromatic heterocycles. The Morgan fingerprint density at radius 1 is 1.40 bits per heavy atom. The van der Waals surface area contributed by atoms with E-state index >= 15 is 0 Å². The van der Waals surface area contributed by atoms with E-state index in [2.05, 4.69) is 20.9 Å². The van der Waals surface area contributed by atoms with Crippen molar-refractivity contribution in [2.75, 3.05) is 0 Å². The lowest BCUT2D eigenvalue weighted by Gasteiger charge is -1.96. The van der Waals surface area contributed by atoms with E-state index in [-0.39, 0.29) is 11.3 Å². The van der Waals surface area contributed by atoms with Crippen LogP contribution in [0.3, 0.4) is 0 Å². The van der Waals surface area contributed by atoms with Crippen molar-refractivity contribution in [3.8, 4) is 0 Å². The highest BCUT2D eigenvalue weighted by atomic mass is 79.9. The van der Waals surface area contributed by atoms with E-state index in [1.165, 1.54) is 23.6 Å². The molecule has 0 radical (unpaired) electrons. The van der Waals surface area contributed by atoms with Crippen LogP contribution >= 0.6 is 27.3 Å². The number of carbonyl (C=O) groups excluding carboxylic acids is 1. The fourth-order valence-electron chi connectivity index (χ4n) is 1.11. The van der Waals surface area contributed by atoms with Crippen molar-refractivity contribution in [1.29, 1.82) is 0 Å². The number of aromatic nitrogens is 1. The summed E-state index contributed by atoms with van der Waals surface area (Å²) < 4.78 is 13.7. The maximum Gasteiger partial charge on any atom is 0.204 e. The molecule has 0 saturated heterocycles. The summed E-state index contributed by atoms with van der Waals surface area (Å²) in [5.41, 5.74) is 0.268. The lowest BCUT2D eigenvalue weighted by atomic mass is 10.1. The number of rotatable bonds is 2. The molecule has 5 heteroatoms. The van der Waals surface area contributed by atoms with E-state index in [1.807, 2.05) is 0 Å². The smallest absolute Gasteiger partial charge is 0.204 e. The Morgan fingerprint density at radius 3 is 2.80 bits per heavy atom. The van der Waals surface area contributed by atoms with Crippen LogP contribution in [0, 0.1) is 5.82 Å². The van der Waals surface area contributed by atoms with Gasteiger partial charge in [-0.15, -0.1) is 11.3 Å². The van der Waals surface area contributed by atoms with Gasteiger partial charge >= 0.3 is 0 Å². The Hall–Kier alpha value is -1.07. The first-order valence-corrected chi connectivity index (χ1v) is 5.68. The third-order valence-corrected chi connectivity index (χ3v) is 3.39. The molecule has 0 bridgehead atoms. The van der Waals surface area contributed by atoms with Gasteiger partial charge in [-0.1, -0.05) is 0 Å². The number of carbonyl (C=O) groups is 1. The standard InChI is InChI=1S/C10H5BrFNOS/c11-9-2-1-8(15-9)10(14)6-3-7(12)5-13-4-6/h1-5H. The lowest BCUT2D eigenvalue weighted by Crippen LogP contribution is -1.99. The normalized spacial score (nSPS) is 10.3. The number of ketones is 1. The van der Waals surface area contributed by atoms with E-state index in [0.29, 0.717) is 4.88 Å². The van der Waals surface area contributed by atoms with E-state index in [0.717, 1.165) is 9.98 Å². The van der Waals surface area contributed by atoms with Crippen molar-refractivity contribution in [3.63, 3.8) is 0 Å². The second kappa shape index (κ2) is 4.20. The average Bonchev–Trinajstić information content (AvgIpc) is 2.64. The monoisotopic (exact) mass is 285 g/mol. The molecule has 2 aromatic rings. The molecular formula is C10H5BrFNOS. The number of hydrogen-bond donors (Lipinski definition) is 0. The summed E-state index contributed by atoms with van der Waals surface area (Å²) >= 11 is 4.58. The van der Waals surface area contributed by atoms with Crippen molar-refractivity contribution < 1.29 is 9.18 Å². The topological polar surface area (TPSA) is 30.0 Å².